The molecule has 0 bridgehead atoms. The van der Waals surface area contributed by atoms with Crippen LogP contribution in [0.25, 0.3) is 0 Å². The van der Waals surface area contributed by atoms with Crippen LogP contribution in [0.15, 0.2) is 70.9 Å². The summed E-state index contributed by atoms with van der Waals surface area (Å²) in [6.07, 6.45) is -2.58. The Morgan fingerprint density at radius 2 is 1.85 bits per heavy atom. The van der Waals surface area contributed by atoms with Crippen molar-refractivity contribution < 1.29 is 26.4 Å². The third-order valence-corrected chi connectivity index (χ3v) is 7.83. The zero-order chi connectivity index (χ0) is 23.6. The average molecular weight is 495 g/mol. The predicted molar refractivity (Wildman–Crippen MR) is 120 cm³/mol. The van der Waals surface area contributed by atoms with Crippen LogP contribution in [0, 0.1) is 0 Å². The monoisotopic (exact) mass is 494 g/mol. The lowest BCUT2D eigenvalue weighted by molar-refractivity contribution is -0.137. The summed E-state index contributed by atoms with van der Waals surface area (Å²) in [7, 11) is -4.20. The number of amides is 1. The first-order valence-electron chi connectivity index (χ1n) is 10.3. The number of nitrogens with one attached hydrogen (secondary N) is 1. The number of likely N-dealkylation sites (tertiary alicyclic amines) is 1. The van der Waals surface area contributed by atoms with Crippen LogP contribution in [0.1, 0.15) is 34.9 Å². The van der Waals surface area contributed by atoms with Crippen LogP contribution in [0.4, 0.5) is 18.9 Å². The van der Waals surface area contributed by atoms with E-state index in [4.69, 9.17) is 0 Å². The molecule has 0 saturated carbocycles. The summed E-state index contributed by atoms with van der Waals surface area (Å²) in [6, 6.07) is 13.9. The van der Waals surface area contributed by atoms with Crippen molar-refractivity contribution in [2.45, 2.75) is 36.4 Å². The molecule has 10 heteroatoms. The van der Waals surface area contributed by atoms with E-state index in [2.05, 4.69) is 4.72 Å². The van der Waals surface area contributed by atoms with Crippen molar-refractivity contribution >= 4 is 33.0 Å². The zero-order valence-electron chi connectivity index (χ0n) is 17.4. The number of nitrogens with zero attached hydrogens (tertiary/aromatic N) is 1. The Labute approximate surface area is 193 Å². The van der Waals surface area contributed by atoms with Gasteiger partial charge in [-0.2, -0.15) is 13.2 Å². The molecule has 2 heterocycles. The lowest BCUT2D eigenvalue weighted by atomic mass is 10.1. The van der Waals surface area contributed by atoms with Crippen molar-refractivity contribution in [2.75, 3.05) is 11.3 Å². The van der Waals surface area contributed by atoms with Crippen molar-refractivity contribution in [1.82, 2.24) is 4.90 Å². The van der Waals surface area contributed by atoms with Crippen molar-refractivity contribution in [3.8, 4) is 0 Å². The highest BCUT2D eigenvalue weighted by Gasteiger charge is 2.32. The summed E-state index contributed by atoms with van der Waals surface area (Å²) in [6.45, 7) is 0.705. The molecule has 174 valence electrons. The van der Waals surface area contributed by atoms with Gasteiger partial charge in [0, 0.05) is 17.1 Å². The second-order valence-electron chi connectivity index (χ2n) is 7.77. The number of carbonyl (C=O) groups is 1. The van der Waals surface area contributed by atoms with Gasteiger partial charge in [-0.25, -0.2) is 8.42 Å². The molecule has 1 aliphatic rings. The number of halogens is 3. The number of hydrogen-bond acceptors (Lipinski definition) is 4. The van der Waals surface area contributed by atoms with Crippen molar-refractivity contribution in [3.63, 3.8) is 0 Å². The standard InChI is InChI=1S/C23H21F3N2O3S2/c24-23(25,26)17-4-1-5-19(15-17)33(30,31)27-18-10-8-16(9-11-18)14-22(29)28-12-2-6-20(28)21-7-3-13-32-21/h1,3-5,7-11,13,15,20,27H,2,6,12,14H2/t20-/m0/s1. The number of benzene rings is 2. The molecule has 1 fully saturated rings. The lowest BCUT2D eigenvalue weighted by Gasteiger charge is -2.24. The summed E-state index contributed by atoms with van der Waals surface area (Å²) < 4.78 is 66.0. The molecule has 0 radical (unpaired) electrons. The van der Waals surface area contributed by atoms with Crippen LogP contribution in [-0.2, 0) is 27.4 Å². The maximum absolute atomic E-state index is 12.9. The third-order valence-electron chi connectivity index (χ3n) is 5.48. The Kier molecular flexibility index (Phi) is 6.49. The number of sulfonamides is 1. The molecular formula is C23H21F3N2O3S2. The first-order valence-corrected chi connectivity index (χ1v) is 12.6. The van der Waals surface area contributed by atoms with Gasteiger partial charge in [0.2, 0.25) is 5.91 Å². The van der Waals surface area contributed by atoms with Gasteiger partial charge in [0.05, 0.1) is 22.9 Å². The van der Waals surface area contributed by atoms with E-state index in [9.17, 15) is 26.4 Å². The molecule has 5 nitrogen and oxygen atoms in total. The largest absolute Gasteiger partial charge is 0.416 e. The van der Waals surface area contributed by atoms with E-state index >= 15 is 0 Å². The van der Waals surface area contributed by atoms with E-state index < -0.39 is 26.7 Å². The number of thiophene rings is 1. The highest BCUT2D eigenvalue weighted by molar-refractivity contribution is 7.92. The van der Waals surface area contributed by atoms with Gasteiger partial charge in [-0.3, -0.25) is 9.52 Å². The van der Waals surface area contributed by atoms with Crippen LogP contribution >= 0.6 is 11.3 Å². The Balaban J connectivity index is 1.43. The number of alkyl halides is 3. The van der Waals surface area contributed by atoms with Gasteiger partial charge >= 0.3 is 6.18 Å². The van der Waals surface area contributed by atoms with Crippen molar-refractivity contribution in [2.24, 2.45) is 0 Å². The first kappa shape index (κ1) is 23.3. The highest BCUT2D eigenvalue weighted by Crippen LogP contribution is 2.35. The van der Waals surface area contributed by atoms with Crippen LogP contribution in [0.5, 0.6) is 0 Å². The average Bonchev–Trinajstić information content (AvgIpc) is 3.46. The number of hydrogen-bond donors (Lipinski definition) is 1. The molecule has 1 atom stereocenters. The summed E-state index contributed by atoms with van der Waals surface area (Å²) in [5, 5.41) is 2.00. The number of anilines is 1. The second kappa shape index (κ2) is 9.18. The van der Waals surface area contributed by atoms with Gasteiger partial charge in [0.1, 0.15) is 0 Å². The third kappa shape index (κ3) is 5.39. The van der Waals surface area contributed by atoms with Gasteiger partial charge in [-0.15, -0.1) is 11.3 Å². The summed E-state index contributed by atoms with van der Waals surface area (Å²) in [5.74, 6) is 0.00296. The Morgan fingerprint density at radius 1 is 1.09 bits per heavy atom. The Morgan fingerprint density at radius 3 is 2.52 bits per heavy atom. The highest BCUT2D eigenvalue weighted by atomic mass is 32.2. The molecule has 3 aromatic rings. The van der Waals surface area contributed by atoms with Crippen LogP contribution < -0.4 is 4.72 Å². The van der Waals surface area contributed by atoms with Gasteiger partial charge < -0.3 is 4.90 Å². The molecule has 0 unspecified atom stereocenters. The van der Waals surface area contributed by atoms with Crippen LogP contribution in [0.3, 0.4) is 0 Å². The molecule has 0 aliphatic carbocycles. The SMILES string of the molecule is O=C(Cc1ccc(NS(=O)(=O)c2cccc(C(F)(F)F)c2)cc1)N1CCC[C@H]1c1cccs1. The second-order valence-corrected chi connectivity index (χ2v) is 10.4. The number of carbonyl (C=O) groups excluding carboxylic acids is 1. The summed E-state index contributed by atoms with van der Waals surface area (Å²) >= 11 is 1.63. The zero-order valence-corrected chi connectivity index (χ0v) is 19.0. The van der Waals surface area contributed by atoms with E-state index in [-0.39, 0.29) is 24.1 Å². The van der Waals surface area contributed by atoms with E-state index in [0.29, 0.717) is 12.6 Å². The molecule has 1 N–H and O–H groups in total. The van der Waals surface area contributed by atoms with E-state index in [1.165, 1.54) is 17.0 Å². The quantitative estimate of drug-likeness (QED) is 0.494. The molecule has 2 aromatic carbocycles. The molecule has 4 rings (SSSR count). The van der Waals surface area contributed by atoms with Gasteiger partial charge in [-0.1, -0.05) is 24.3 Å². The predicted octanol–water partition coefficient (Wildman–Crippen LogP) is 5.47. The topological polar surface area (TPSA) is 66.5 Å². The van der Waals surface area contributed by atoms with Crippen LogP contribution in [0.2, 0.25) is 0 Å². The molecule has 1 aliphatic heterocycles. The molecule has 33 heavy (non-hydrogen) atoms. The minimum Gasteiger partial charge on any atom is -0.335 e. The van der Waals surface area contributed by atoms with Gasteiger partial charge in [0.25, 0.3) is 10.0 Å². The molecule has 1 amide bonds. The Hall–Kier alpha value is -2.85. The van der Waals surface area contributed by atoms with E-state index in [1.807, 2.05) is 22.4 Å². The fourth-order valence-corrected chi connectivity index (χ4v) is 5.84. The summed E-state index contributed by atoms with van der Waals surface area (Å²) in [4.78, 5) is 15.4. The van der Waals surface area contributed by atoms with Gasteiger partial charge in [-0.05, 0) is 60.2 Å². The lowest BCUT2D eigenvalue weighted by Crippen LogP contribution is -2.31. The minimum absolute atomic E-state index is 0.00296. The first-order chi connectivity index (χ1) is 15.6. The van der Waals surface area contributed by atoms with Crippen molar-refractivity contribution in [1.29, 1.82) is 0 Å². The maximum atomic E-state index is 12.9. The smallest absolute Gasteiger partial charge is 0.335 e. The van der Waals surface area contributed by atoms with Crippen LogP contribution in [-0.4, -0.2) is 25.8 Å². The van der Waals surface area contributed by atoms with E-state index in [0.717, 1.165) is 36.6 Å². The molecule has 0 spiro atoms. The van der Waals surface area contributed by atoms with Crippen molar-refractivity contribution in [3.05, 3.63) is 82.0 Å². The summed E-state index contributed by atoms with van der Waals surface area (Å²) in [5.41, 5.74) is -0.123. The van der Waals surface area contributed by atoms with E-state index in [1.54, 1.807) is 23.5 Å². The fraction of sp³-hybridized carbons (Fsp3) is 0.261. The number of rotatable bonds is 6. The molecule has 1 aromatic heterocycles. The normalized spacial score (nSPS) is 16.7. The Bertz CT molecular complexity index is 1220. The minimum atomic E-state index is -4.64. The fourth-order valence-electron chi connectivity index (χ4n) is 3.86. The van der Waals surface area contributed by atoms with Gasteiger partial charge in [0.15, 0.2) is 0 Å². The molecular weight excluding hydrogens is 473 g/mol. The maximum Gasteiger partial charge on any atom is 0.416 e. The molecule has 1 saturated heterocycles.